The summed E-state index contributed by atoms with van der Waals surface area (Å²) in [5.74, 6) is -0.526. The predicted molar refractivity (Wildman–Crippen MR) is 248 cm³/mol. The van der Waals surface area contributed by atoms with Gasteiger partial charge in [0.05, 0.1) is 32.8 Å². The van der Waals surface area contributed by atoms with Gasteiger partial charge in [-0.05, 0) is 57.6 Å². The van der Waals surface area contributed by atoms with Gasteiger partial charge < -0.3 is 40.3 Å². The number of piperazine rings is 1. The standard InChI is InChI=1S/C45H59Cl2N9O6S/c1-52(2)21-10-12-39(60)54-25-26-56(40(61)29-54)42-16-14-31(63-42)13-15-38(59)48-19-9-7-5-3-4-6-8-11-37(58)49-20-24-55-23-18-36(51-55)32-27-34(46)44(47)45-43(32)33-28-53(41(62)30-57)22-17-35(33)50-45/h10,12,14,16,18,23,27,50,57H,3-9,11,13,15,17,19-22,24-26,28-30H2,1-2H3,(H,48,59)(H,49,58)/b12-10+. The molecular formula is C45H59Cl2N9O6S. The SMILES string of the molecule is CN(C)C/C=C/C(=O)N1CCN(c2ccc(CCC(=O)NCCCCCCCCCC(=O)NCCn3ccc(-c4cc(Cl)c(Cl)c5[nH]c6c(c45)CN(C(=O)CO)CC6)n3)s2)C(=O)C1. The molecule has 4 N–H and O–H groups in total. The van der Waals surface area contributed by atoms with Crippen LogP contribution >= 0.6 is 34.5 Å². The van der Waals surface area contributed by atoms with Crippen LogP contribution < -0.4 is 15.5 Å². The van der Waals surface area contributed by atoms with Gasteiger partial charge in [-0.15, -0.1) is 11.3 Å². The third-order valence-corrected chi connectivity index (χ3v) is 13.3. The number of fused-ring (bicyclic) bond motifs is 3. The summed E-state index contributed by atoms with van der Waals surface area (Å²) >= 11 is 14.7. The molecule has 1 fully saturated rings. The Hall–Kier alpha value is -4.74. The van der Waals surface area contributed by atoms with E-state index in [0.717, 1.165) is 77.0 Å². The van der Waals surface area contributed by atoms with Crippen molar-refractivity contribution < 1.29 is 29.1 Å². The molecule has 3 aromatic heterocycles. The molecule has 0 bridgehead atoms. The molecular weight excluding hydrogens is 866 g/mol. The highest BCUT2D eigenvalue weighted by Crippen LogP contribution is 2.42. The lowest BCUT2D eigenvalue weighted by atomic mass is 9.99. The lowest BCUT2D eigenvalue weighted by Crippen LogP contribution is -2.51. The second kappa shape index (κ2) is 23.3. The molecule has 15 nitrogen and oxygen atoms in total. The molecule has 18 heteroatoms. The minimum atomic E-state index is -0.540. The number of carbonyl (C=O) groups excluding carboxylic acids is 5. The molecule has 5 amide bonds. The predicted octanol–water partition coefficient (Wildman–Crippen LogP) is 5.56. The number of H-pyrrole nitrogens is 1. The topological polar surface area (TPSA) is 176 Å². The number of hydrogen-bond donors (Lipinski definition) is 4. The number of aliphatic hydroxyl groups is 1. The molecule has 0 radical (unpaired) electrons. The molecule has 0 atom stereocenters. The number of halogens is 2. The highest BCUT2D eigenvalue weighted by atomic mass is 35.5. The summed E-state index contributed by atoms with van der Waals surface area (Å²) in [7, 11) is 3.86. The van der Waals surface area contributed by atoms with Crippen LogP contribution in [0.15, 0.2) is 42.6 Å². The molecule has 5 heterocycles. The zero-order valence-electron chi connectivity index (χ0n) is 36.2. The Morgan fingerprint density at radius 1 is 0.921 bits per heavy atom. The fraction of sp³-hybridized carbons (Fsp3) is 0.511. The van der Waals surface area contributed by atoms with Gasteiger partial charge in [-0.25, -0.2) is 0 Å². The summed E-state index contributed by atoms with van der Waals surface area (Å²) in [6.07, 6.45) is 14.3. The van der Waals surface area contributed by atoms with Gasteiger partial charge in [-0.3, -0.25) is 28.7 Å². The monoisotopic (exact) mass is 923 g/mol. The van der Waals surface area contributed by atoms with E-state index in [1.165, 1.54) is 17.4 Å². The number of aromatic nitrogens is 3. The van der Waals surface area contributed by atoms with E-state index in [-0.39, 0.29) is 36.1 Å². The van der Waals surface area contributed by atoms with E-state index in [4.69, 9.17) is 28.3 Å². The number of aromatic amines is 1. The number of hydrogen-bond acceptors (Lipinski definition) is 9. The van der Waals surface area contributed by atoms with Gasteiger partial charge in [0.1, 0.15) is 13.2 Å². The minimum absolute atomic E-state index is 0.0206. The number of nitrogens with zero attached hydrogens (tertiary/aromatic N) is 6. The lowest BCUT2D eigenvalue weighted by molar-refractivity contribution is -0.135. The molecule has 6 rings (SSSR count). The summed E-state index contributed by atoms with van der Waals surface area (Å²) in [5.41, 5.74) is 4.12. The molecule has 0 saturated carbocycles. The Balaban J connectivity index is 0.794. The van der Waals surface area contributed by atoms with E-state index >= 15 is 0 Å². The van der Waals surface area contributed by atoms with Crippen molar-refractivity contribution in [3.8, 4) is 11.3 Å². The first-order valence-corrected chi connectivity index (χ1v) is 23.5. The molecule has 340 valence electrons. The summed E-state index contributed by atoms with van der Waals surface area (Å²) in [6.45, 7) is 3.56. The molecule has 1 aromatic carbocycles. The highest BCUT2D eigenvalue weighted by Gasteiger charge is 2.29. The fourth-order valence-electron chi connectivity index (χ4n) is 7.94. The molecule has 4 aromatic rings. The number of aliphatic hydroxyl groups excluding tert-OH is 1. The van der Waals surface area contributed by atoms with Gasteiger partial charge in [-0.2, -0.15) is 5.10 Å². The number of amides is 5. The Morgan fingerprint density at radius 3 is 2.43 bits per heavy atom. The van der Waals surface area contributed by atoms with Crippen molar-refractivity contribution in [2.75, 3.05) is 71.4 Å². The number of anilines is 1. The van der Waals surface area contributed by atoms with Gasteiger partial charge in [0.25, 0.3) is 0 Å². The Labute approximate surface area is 382 Å². The Morgan fingerprint density at radius 2 is 1.67 bits per heavy atom. The number of benzene rings is 1. The first kappa shape index (κ1) is 47.7. The van der Waals surface area contributed by atoms with Gasteiger partial charge in [0.15, 0.2) is 0 Å². The number of thiophene rings is 1. The third kappa shape index (κ3) is 13.2. The van der Waals surface area contributed by atoms with Crippen molar-refractivity contribution in [3.63, 3.8) is 0 Å². The van der Waals surface area contributed by atoms with Gasteiger partial charge in [-0.1, -0.05) is 61.4 Å². The van der Waals surface area contributed by atoms with Crippen molar-refractivity contribution in [1.29, 1.82) is 0 Å². The van der Waals surface area contributed by atoms with E-state index in [1.54, 1.807) is 31.5 Å². The zero-order chi connectivity index (χ0) is 44.9. The zero-order valence-corrected chi connectivity index (χ0v) is 38.6. The molecule has 0 unspecified atom stereocenters. The van der Waals surface area contributed by atoms with Crippen molar-refractivity contribution in [1.82, 2.24) is 40.1 Å². The largest absolute Gasteiger partial charge is 0.387 e. The number of unbranched alkanes of at least 4 members (excludes halogenated alkanes) is 6. The average molecular weight is 925 g/mol. The molecule has 2 aliphatic heterocycles. The van der Waals surface area contributed by atoms with Crippen molar-refractivity contribution in [3.05, 3.63) is 68.8 Å². The minimum Gasteiger partial charge on any atom is -0.387 e. The smallest absolute Gasteiger partial charge is 0.248 e. The maximum atomic E-state index is 12.8. The van der Waals surface area contributed by atoms with Crippen molar-refractivity contribution in [2.45, 2.75) is 83.7 Å². The van der Waals surface area contributed by atoms with E-state index in [1.807, 2.05) is 43.4 Å². The van der Waals surface area contributed by atoms with Gasteiger partial charge in [0.2, 0.25) is 29.5 Å². The van der Waals surface area contributed by atoms with E-state index in [9.17, 15) is 29.1 Å². The quantitative estimate of drug-likeness (QED) is 0.0586. The number of carbonyl (C=O) groups is 5. The normalized spacial score (nSPS) is 14.3. The molecule has 63 heavy (non-hydrogen) atoms. The second-order valence-electron chi connectivity index (χ2n) is 16.4. The van der Waals surface area contributed by atoms with E-state index < -0.39 is 6.61 Å². The molecule has 0 spiro atoms. The van der Waals surface area contributed by atoms with Crippen LogP contribution in [0.2, 0.25) is 10.0 Å². The van der Waals surface area contributed by atoms with Gasteiger partial charge in [0, 0.05) is 104 Å². The summed E-state index contributed by atoms with van der Waals surface area (Å²) < 4.78 is 1.78. The van der Waals surface area contributed by atoms with Crippen molar-refractivity contribution >= 4 is 80.0 Å². The first-order valence-electron chi connectivity index (χ1n) is 21.9. The van der Waals surface area contributed by atoms with Gasteiger partial charge >= 0.3 is 0 Å². The fourth-order valence-corrected chi connectivity index (χ4v) is 9.39. The third-order valence-electron chi connectivity index (χ3n) is 11.4. The second-order valence-corrected chi connectivity index (χ2v) is 18.3. The van der Waals surface area contributed by atoms with Crippen LogP contribution in [0.25, 0.3) is 22.2 Å². The van der Waals surface area contributed by atoms with Crippen LogP contribution in [-0.4, -0.2) is 131 Å². The summed E-state index contributed by atoms with van der Waals surface area (Å²) in [5, 5.41) is 22.7. The first-order chi connectivity index (χ1) is 30.4. The average Bonchev–Trinajstić information content (AvgIpc) is 4.04. The van der Waals surface area contributed by atoms with Crippen molar-refractivity contribution in [2.24, 2.45) is 0 Å². The Kier molecular flexibility index (Phi) is 17.6. The van der Waals surface area contributed by atoms with Crippen LogP contribution in [-0.2, 0) is 49.9 Å². The van der Waals surface area contributed by atoms with Crippen LogP contribution in [0.1, 0.15) is 73.9 Å². The van der Waals surface area contributed by atoms with E-state index in [0.29, 0.717) is 99.3 Å². The number of rotatable bonds is 22. The maximum Gasteiger partial charge on any atom is 0.248 e. The van der Waals surface area contributed by atoms with Crippen LogP contribution in [0.5, 0.6) is 0 Å². The number of aryl methyl sites for hydroxylation is 1. The summed E-state index contributed by atoms with van der Waals surface area (Å²) in [4.78, 5) is 73.9. The maximum absolute atomic E-state index is 12.8. The van der Waals surface area contributed by atoms with Crippen LogP contribution in [0, 0.1) is 0 Å². The van der Waals surface area contributed by atoms with Crippen LogP contribution in [0.3, 0.4) is 0 Å². The molecule has 2 aliphatic rings. The highest BCUT2D eigenvalue weighted by molar-refractivity contribution is 7.16. The summed E-state index contributed by atoms with van der Waals surface area (Å²) in [6, 6.07) is 7.59. The van der Waals surface area contributed by atoms with Crippen LogP contribution in [0.4, 0.5) is 5.00 Å². The number of nitrogens with one attached hydrogen (secondary N) is 3. The van der Waals surface area contributed by atoms with E-state index in [2.05, 4.69) is 15.6 Å². The molecule has 1 saturated heterocycles. The Bertz CT molecular complexity index is 2270. The molecule has 0 aliphatic carbocycles. The lowest BCUT2D eigenvalue weighted by Gasteiger charge is -2.33. The number of likely N-dealkylation sites (N-methyl/N-ethyl adjacent to an activating group) is 1.